The summed E-state index contributed by atoms with van der Waals surface area (Å²) in [5.74, 6) is 0.0371. The minimum absolute atomic E-state index is 0.0371. The number of phenolic OH excluding ortho intramolecular Hbond substituents is 1. The zero-order chi connectivity index (χ0) is 10.7. The lowest BCUT2D eigenvalue weighted by Gasteiger charge is -2.16. The third kappa shape index (κ3) is 2.02. The average molecular weight is 192 g/mol. The first kappa shape index (κ1) is 10.5. The molecular formula is C10H12N2O2. The first-order valence-corrected chi connectivity index (χ1v) is 4.23. The molecule has 0 saturated carbocycles. The van der Waals surface area contributed by atoms with E-state index in [2.05, 4.69) is 0 Å². The van der Waals surface area contributed by atoms with E-state index in [0.717, 1.165) is 0 Å². The van der Waals surface area contributed by atoms with Crippen molar-refractivity contribution < 1.29 is 10.2 Å². The van der Waals surface area contributed by atoms with Crippen molar-refractivity contribution in [1.82, 2.24) is 0 Å². The number of rotatable bonds is 2. The van der Waals surface area contributed by atoms with Gasteiger partial charge < -0.3 is 15.9 Å². The van der Waals surface area contributed by atoms with Gasteiger partial charge >= 0.3 is 0 Å². The summed E-state index contributed by atoms with van der Waals surface area (Å²) in [7, 11) is 0. The van der Waals surface area contributed by atoms with Crippen LogP contribution in [0.15, 0.2) is 18.2 Å². The van der Waals surface area contributed by atoms with Gasteiger partial charge in [0.15, 0.2) is 0 Å². The van der Waals surface area contributed by atoms with E-state index in [1.807, 2.05) is 6.07 Å². The summed E-state index contributed by atoms with van der Waals surface area (Å²) in [6, 6.07) is 5.59. The van der Waals surface area contributed by atoms with Crippen LogP contribution in [0.2, 0.25) is 0 Å². The molecule has 4 heteroatoms. The van der Waals surface area contributed by atoms with Crippen LogP contribution >= 0.6 is 0 Å². The molecule has 0 aliphatic rings. The van der Waals surface area contributed by atoms with Crippen LogP contribution in [0.3, 0.4) is 0 Å². The van der Waals surface area contributed by atoms with Gasteiger partial charge in [-0.25, -0.2) is 0 Å². The lowest BCUT2D eigenvalue weighted by Crippen LogP contribution is -2.24. The molecule has 0 heterocycles. The molecule has 0 aliphatic carbocycles. The lowest BCUT2D eigenvalue weighted by atomic mass is 9.98. The zero-order valence-electron chi connectivity index (χ0n) is 7.81. The molecule has 4 N–H and O–H groups in total. The molecule has 0 amide bonds. The number of nitrogens with zero attached hydrogens (tertiary/aromatic N) is 1. The molecule has 0 fully saturated rings. The fraction of sp³-hybridized carbons (Fsp3) is 0.300. The van der Waals surface area contributed by atoms with E-state index in [1.54, 1.807) is 0 Å². The fourth-order valence-electron chi connectivity index (χ4n) is 1.19. The highest BCUT2D eigenvalue weighted by atomic mass is 16.3. The molecule has 0 aromatic heterocycles. The van der Waals surface area contributed by atoms with E-state index < -0.39 is 12.1 Å². The second-order valence-corrected chi connectivity index (χ2v) is 3.15. The number of aliphatic hydroxyl groups excluding tert-OH is 1. The van der Waals surface area contributed by atoms with E-state index in [0.29, 0.717) is 11.1 Å². The number of nitriles is 1. The van der Waals surface area contributed by atoms with Crippen LogP contribution < -0.4 is 5.73 Å². The predicted molar refractivity (Wildman–Crippen MR) is 51.4 cm³/mol. The third-order valence-corrected chi connectivity index (χ3v) is 2.03. The van der Waals surface area contributed by atoms with Gasteiger partial charge in [-0.15, -0.1) is 0 Å². The largest absolute Gasteiger partial charge is 0.508 e. The Morgan fingerprint density at radius 2 is 2.14 bits per heavy atom. The van der Waals surface area contributed by atoms with Crippen LogP contribution in [0.4, 0.5) is 0 Å². The predicted octanol–water partition coefficient (Wildman–Crippen LogP) is 0.644. The summed E-state index contributed by atoms with van der Waals surface area (Å²) in [5, 5.41) is 27.3. The maximum absolute atomic E-state index is 9.27. The molecule has 0 unspecified atom stereocenters. The quantitative estimate of drug-likeness (QED) is 0.641. The standard InChI is InChI=1S/C10H12N2O2/c1-6(13)10(12)9-4-8(14)3-2-7(9)5-11/h2-4,6,10,13-14H,12H2,1H3/t6-,10+/m1/s1. The van der Waals surface area contributed by atoms with Gasteiger partial charge in [-0.2, -0.15) is 5.26 Å². The number of benzene rings is 1. The smallest absolute Gasteiger partial charge is 0.116 e. The van der Waals surface area contributed by atoms with Gasteiger partial charge in [0.2, 0.25) is 0 Å². The van der Waals surface area contributed by atoms with Crippen molar-refractivity contribution in [2.24, 2.45) is 5.73 Å². The summed E-state index contributed by atoms with van der Waals surface area (Å²) < 4.78 is 0. The SMILES string of the molecule is C[C@@H](O)[C@H](N)c1cc(O)ccc1C#N. The Bertz CT molecular complexity index is 369. The van der Waals surface area contributed by atoms with Gasteiger partial charge in [0.25, 0.3) is 0 Å². The molecule has 74 valence electrons. The van der Waals surface area contributed by atoms with Crippen LogP contribution in [0.5, 0.6) is 5.75 Å². The van der Waals surface area contributed by atoms with Gasteiger partial charge in [0.1, 0.15) is 5.75 Å². The molecule has 0 aliphatic heterocycles. The summed E-state index contributed by atoms with van der Waals surface area (Å²) in [4.78, 5) is 0. The van der Waals surface area contributed by atoms with Gasteiger partial charge in [-0.05, 0) is 30.7 Å². The summed E-state index contributed by atoms with van der Waals surface area (Å²) in [6.07, 6.45) is -0.760. The topological polar surface area (TPSA) is 90.3 Å². The van der Waals surface area contributed by atoms with Crippen molar-refractivity contribution in [1.29, 1.82) is 5.26 Å². The fourth-order valence-corrected chi connectivity index (χ4v) is 1.19. The Balaban J connectivity index is 3.18. The molecule has 14 heavy (non-hydrogen) atoms. The first-order valence-electron chi connectivity index (χ1n) is 4.23. The second-order valence-electron chi connectivity index (χ2n) is 3.15. The Hall–Kier alpha value is -1.57. The van der Waals surface area contributed by atoms with E-state index >= 15 is 0 Å². The number of nitrogens with two attached hydrogens (primary N) is 1. The summed E-state index contributed by atoms with van der Waals surface area (Å²) >= 11 is 0. The van der Waals surface area contributed by atoms with Crippen LogP contribution in [-0.2, 0) is 0 Å². The molecule has 1 rings (SSSR count). The molecule has 0 bridgehead atoms. The van der Waals surface area contributed by atoms with E-state index in [9.17, 15) is 10.2 Å². The molecule has 0 saturated heterocycles. The Labute approximate surface area is 82.2 Å². The first-order chi connectivity index (χ1) is 6.56. The van der Waals surface area contributed by atoms with E-state index in [-0.39, 0.29) is 5.75 Å². The number of phenols is 1. The number of hydrogen-bond acceptors (Lipinski definition) is 4. The average Bonchev–Trinajstić information content (AvgIpc) is 2.16. The van der Waals surface area contributed by atoms with Crippen LogP contribution in [0, 0.1) is 11.3 Å². The van der Waals surface area contributed by atoms with Crippen molar-refractivity contribution >= 4 is 0 Å². The third-order valence-electron chi connectivity index (χ3n) is 2.03. The van der Waals surface area contributed by atoms with Crippen LogP contribution in [0.25, 0.3) is 0 Å². The van der Waals surface area contributed by atoms with Crippen molar-refractivity contribution in [2.75, 3.05) is 0 Å². The van der Waals surface area contributed by atoms with Gasteiger partial charge in [-0.1, -0.05) is 0 Å². The van der Waals surface area contributed by atoms with Crippen molar-refractivity contribution in [3.8, 4) is 11.8 Å². The number of aromatic hydroxyl groups is 1. The Morgan fingerprint density at radius 1 is 1.50 bits per heavy atom. The highest BCUT2D eigenvalue weighted by molar-refractivity contribution is 5.44. The number of aliphatic hydroxyl groups is 1. The van der Waals surface area contributed by atoms with Gasteiger partial charge in [0.05, 0.1) is 23.8 Å². The highest BCUT2D eigenvalue weighted by Gasteiger charge is 2.16. The van der Waals surface area contributed by atoms with E-state index in [1.165, 1.54) is 25.1 Å². The minimum Gasteiger partial charge on any atom is -0.508 e. The summed E-state index contributed by atoms with van der Waals surface area (Å²) in [6.45, 7) is 1.54. The van der Waals surface area contributed by atoms with Gasteiger partial charge in [-0.3, -0.25) is 0 Å². The molecule has 1 aromatic carbocycles. The second kappa shape index (κ2) is 4.09. The zero-order valence-corrected chi connectivity index (χ0v) is 7.81. The molecular weight excluding hydrogens is 180 g/mol. The van der Waals surface area contributed by atoms with E-state index in [4.69, 9.17) is 11.0 Å². The molecule has 1 aromatic rings. The minimum atomic E-state index is -0.760. The molecule has 2 atom stereocenters. The maximum atomic E-state index is 9.27. The highest BCUT2D eigenvalue weighted by Crippen LogP contribution is 2.23. The van der Waals surface area contributed by atoms with Crippen molar-refractivity contribution in [3.63, 3.8) is 0 Å². The molecule has 0 spiro atoms. The maximum Gasteiger partial charge on any atom is 0.116 e. The molecule has 4 nitrogen and oxygen atoms in total. The number of hydrogen-bond donors (Lipinski definition) is 3. The summed E-state index contributed by atoms with van der Waals surface area (Å²) in [5.41, 5.74) is 6.50. The Morgan fingerprint density at radius 3 is 2.64 bits per heavy atom. The lowest BCUT2D eigenvalue weighted by molar-refractivity contribution is 0.164. The Kier molecular flexibility index (Phi) is 3.07. The van der Waals surface area contributed by atoms with Crippen LogP contribution in [-0.4, -0.2) is 16.3 Å². The van der Waals surface area contributed by atoms with Crippen molar-refractivity contribution in [3.05, 3.63) is 29.3 Å². The van der Waals surface area contributed by atoms with Crippen molar-refractivity contribution in [2.45, 2.75) is 19.1 Å². The monoisotopic (exact) mass is 192 g/mol. The molecule has 0 radical (unpaired) electrons. The van der Waals surface area contributed by atoms with Gasteiger partial charge in [0, 0.05) is 0 Å². The normalized spacial score (nSPS) is 14.4. The van der Waals surface area contributed by atoms with Crippen LogP contribution in [0.1, 0.15) is 24.1 Å².